The minimum absolute atomic E-state index is 0.511. The lowest BCUT2D eigenvalue weighted by Gasteiger charge is -2.33. The van der Waals surface area contributed by atoms with Crippen molar-refractivity contribution in [2.45, 2.75) is 6.04 Å². The molecule has 16 heavy (non-hydrogen) atoms. The van der Waals surface area contributed by atoms with Gasteiger partial charge in [-0.2, -0.15) is 11.8 Å². The van der Waals surface area contributed by atoms with Gasteiger partial charge in [-0.25, -0.2) is 0 Å². The SMILES string of the molecule is CSCCN1CCNC(c2ccccc2)C1. The average Bonchev–Trinajstić information content (AvgIpc) is 2.38. The number of piperazine rings is 1. The molecule has 0 radical (unpaired) electrons. The molecule has 1 fully saturated rings. The highest BCUT2D eigenvalue weighted by Gasteiger charge is 2.19. The van der Waals surface area contributed by atoms with Crippen LogP contribution in [0.1, 0.15) is 11.6 Å². The van der Waals surface area contributed by atoms with Crippen LogP contribution in [0.2, 0.25) is 0 Å². The van der Waals surface area contributed by atoms with Crippen LogP contribution in [0.25, 0.3) is 0 Å². The van der Waals surface area contributed by atoms with E-state index in [2.05, 4.69) is 46.8 Å². The van der Waals surface area contributed by atoms with E-state index in [1.54, 1.807) is 0 Å². The highest BCUT2D eigenvalue weighted by Crippen LogP contribution is 2.16. The van der Waals surface area contributed by atoms with Gasteiger partial charge in [-0.05, 0) is 11.8 Å². The molecule has 1 aromatic rings. The maximum absolute atomic E-state index is 3.59. The highest BCUT2D eigenvalue weighted by molar-refractivity contribution is 7.98. The minimum atomic E-state index is 0.511. The van der Waals surface area contributed by atoms with Crippen molar-refractivity contribution < 1.29 is 0 Å². The first-order chi connectivity index (χ1) is 7.90. The maximum Gasteiger partial charge on any atom is 0.0449 e. The lowest BCUT2D eigenvalue weighted by atomic mass is 10.0. The molecule has 2 nitrogen and oxygen atoms in total. The fraction of sp³-hybridized carbons (Fsp3) is 0.538. The number of nitrogens with one attached hydrogen (secondary N) is 1. The number of hydrogen-bond acceptors (Lipinski definition) is 3. The lowest BCUT2D eigenvalue weighted by Crippen LogP contribution is -2.46. The normalized spacial score (nSPS) is 22.2. The summed E-state index contributed by atoms with van der Waals surface area (Å²) >= 11 is 1.93. The van der Waals surface area contributed by atoms with Crippen molar-refractivity contribution in [1.82, 2.24) is 10.2 Å². The van der Waals surface area contributed by atoms with Crippen LogP contribution in [0.4, 0.5) is 0 Å². The third kappa shape index (κ3) is 3.24. The van der Waals surface area contributed by atoms with Gasteiger partial charge in [0.2, 0.25) is 0 Å². The molecule has 3 heteroatoms. The van der Waals surface area contributed by atoms with Crippen molar-refractivity contribution in [3.05, 3.63) is 35.9 Å². The second-order valence-corrected chi connectivity index (χ2v) is 5.20. The Balaban J connectivity index is 1.91. The van der Waals surface area contributed by atoms with Gasteiger partial charge in [0, 0.05) is 38.0 Å². The van der Waals surface area contributed by atoms with Crippen molar-refractivity contribution in [3.8, 4) is 0 Å². The zero-order valence-corrected chi connectivity index (χ0v) is 10.7. The number of rotatable bonds is 4. The minimum Gasteiger partial charge on any atom is -0.308 e. The molecule has 88 valence electrons. The summed E-state index contributed by atoms with van der Waals surface area (Å²) in [5.74, 6) is 1.24. The molecule has 1 heterocycles. The third-order valence-electron chi connectivity index (χ3n) is 3.07. The van der Waals surface area contributed by atoms with Crippen molar-refractivity contribution in [2.24, 2.45) is 0 Å². The number of hydrogen-bond donors (Lipinski definition) is 1. The molecule has 0 saturated carbocycles. The van der Waals surface area contributed by atoms with Crippen LogP contribution in [0.3, 0.4) is 0 Å². The fourth-order valence-corrected chi connectivity index (χ4v) is 2.58. The van der Waals surface area contributed by atoms with Crippen LogP contribution in [0, 0.1) is 0 Å². The van der Waals surface area contributed by atoms with E-state index in [0.29, 0.717) is 6.04 Å². The van der Waals surface area contributed by atoms with E-state index in [0.717, 1.165) is 13.1 Å². The molecule has 0 aliphatic carbocycles. The molecule has 2 rings (SSSR count). The predicted octanol–water partition coefficient (Wildman–Crippen LogP) is 2.00. The summed E-state index contributed by atoms with van der Waals surface area (Å²) in [6.07, 6.45) is 2.18. The van der Waals surface area contributed by atoms with Gasteiger partial charge in [-0.15, -0.1) is 0 Å². The summed E-state index contributed by atoms with van der Waals surface area (Å²) in [6, 6.07) is 11.3. The lowest BCUT2D eigenvalue weighted by molar-refractivity contribution is 0.212. The van der Waals surface area contributed by atoms with Crippen molar-refractivity contribution in [1.29, 1.82) is 0 Å². The Morgan fingerprint density at radius 2 is 2.19 bits per heavy atom. The van der Waals surface area contributed by atoms with Crippen molar-refractivity contribution >= 4 is 11.8 Å². The van der Waals surface area contributed by atoms with Crippen LogP contribution in [0.5, 0.6) is 0 Å². The van der Waals surface area contributed by atoms with Crippen molar-refractivity contribution in [2.75, 3.05) is 38.2 Å². The summed E-state index contributed by atoms with van der Waals surface area (Å²) < 4.78 is 0. The quantitative estimate of drug-likeness (QED) is 0.861. The van der Waals surface area contributed by atoms with E-state index < -0.39 is 0 Å². The molecule has 1 aliphatic rings. The molecular formula is C13H20N2S. The number of thioether (sulfide) groups is 1. The van der Waals surface area contributed by atoms with Crippen LogP contribution in [0.15, 0.2) is 30.3 Å². The van der Waals surface area contributed by atoms with Crippen LogP contribution >= 0.6 is 11.8 Å². The summed E-state index contributed by atoms with van der Waals surface area (Å²) in [5.41, 5.74) is 1.41. The highest BCUT2D eigenvalue weighted by atomic mass is 32.2. The molecule has 1 atom stereocenters. The summed E-state index contributed by atoms with van der Waals surface area (Å²) in [6.45, 7) is 4.65. The molecule has 1 aromatic carbocycles. The molecule has 0 bridgehead atoms. The van der Waals surface area contributed by atoms with Gasteiger partial charge >= 0.3 is 0 Å². The second-order valence-electron chi connectivity index (χ2n) is 4.21. The van der Waals surface area contributed by atoms with E-state index >= 15 is 0 Å². The first kappa shape index (κ1) is 12.0. The molecular weight excluding hydrogens is 216 g/mol. The van der Waals surface area contributed by atoms with Crippen molar-refractivity contribution in [3.63, 3.8) is 0 Å². The van der Waals surface area contributed by atoms with Gasteiger partial charge in [0.25, 0.3) is 0 Å². The van der Waals surface area contributed by atoms with Crippen LogP contribution in [-0.2, 0) is 0 Å². The Morgan fingerprint density at radius 3 is 2.94 bits per heavy atom. The standard InChI is InChI=1S/C13H20N2S/c1-16-10-9-15-8-7-14-13(11-15)12-5-3-2-4-6-12/h2-6,13-14H,7-11H2,1H3. The topological polar surface area (TPSA) is 15.3 Å². The van der Waals surface area contributed by atoms with E-state index in [-0.39, 0.29) is 0 Å². The van der Waals surface area contributed by atoms with Crippen LogP contribution < -0.4 is 5.32 Å². The Kier molecular flexibility index (Phi) is 4.69. The monoisotopic (exact) mass is 236 g/mol. The Morgan fingerprint density at radius 1 is 1.38 bits per heavy atom. The first-order valence-electron chi connectivity index (χ1n) is 5.90. The maximum atomic E-state index is 3.59. The van der Waals surface area contributed by atoms with Gasteiger partial charge in [0.15, 0.2) is 0 Å². The molecule has 1 unspecified atom stereocenters. The molecule has 1 aliphatic heterocycles. The number of nitrogens with zero attached hydrogens (tertiary/aromatic N) is 1. The van der Waals surface area contributed by atoms with E-state index in [9.17, 15) is 0 Å². The zero-order valence-electron chi connectivity index (χ0n) is 9.86. The second kappa shape index (κ2) is 6.28. The van der Waals surface area contributed by atoms with Gasteiger partial charge in [0.1, 0.15) is 0 Å². The number of benzene rings is 1. The summed E-state index contributed by atoms with van der Waals surface area (Å²) in [4.78, 5) is 2.56. The van der Waals surface area contributed by atoms with E-state index in [1.807, 2.05) is 11.8 Å². The fourth-order valence-electron chi connectivity index (χ4n) is 2.14. The molecule has 0 spiro atoms. The molecule has 1 saturated heterocycles. The first-order valence-corrected chi connectivity index (χ1v) is 7.29. The van der Waals surface area contributed by atoms with E-state index in [1.165, 1.54) is 24.4 Å². The summed E-state index contributed by atoms with van der Waals surface area (Å²) in [7, 11) is 0. The van der Waals surface area contributed by atoms with Gasteiger partial charge in [-0.1, -0.05) is 30.3 Å². The summed E-state index contributed by atoms with van der Waals surface area (Å²) in [5, 5.41) is 3.59. The Hall–Kier alpha value is -0.510. The predicted molar refractivity (Wildman–Crippen MR) is 72.0 cm³/mol. The largest absolute Gasteiger partial charge is 0.308 e. The average molecular weight is 236 g/mol. The molecule has 1 N–H and O–H groups in total. The Labute approximate surface area is 102 Å². The molecule has 0 amide bonds. The Bertz CT molecular complexity index is 302. The zero-order chi connectivity index (χ0) is 11.2. The van der Waals surface area contributed by atoms with Gasteiger partial charge in [-0.3, -0.25) is 4.90 Å². The third-order valence-corrected chi connectivity index (χ3v) is 3.66. The smallest absolute Gasteiger partial charge is 0.0449 e. The molecule has 0 aromatic heterocycles. The van der Waals surface area contributed by atoms with Gasteiger partial charge < -0.3 is 5.32 Å². The van der Waals surface area contributed by atoms with Gasteiger partial charge in [0.05, 0.1) is 0 Å². The van der Waals surface area contributed by atoms with E-state index in [4.69, 9.17) is 0 Å². The van der Waals surface area contributed by atoms with Crippen LogP contribution in [-0.4, -0.2) is 43.1 Å².